The number of aliphatic hydroxyl groups excluding tert-OH is 1. The summed E-state index contributed by atoms with van der Waals surface area (Å²) in [5.74, 6) is 0. The van der Waals surface area contributed by atoms with E-state index in [0.29, 0.717) is 6.54 Å². The smallest absolute Gasteiger partial charge is 0.410 e. The quantitative estimate of drug-likeness (QED) is 0.799. The fraction of sp³-hybridized carbons (Fsp3) is 0.923. The number of hydrogen-bond acceptors (Lipinski definition) is 4. The normalized spacial score (nSPS) is 22.1. The van der Waals surface area contributed by atoms with E-state index in [9.17, 15) is 4.79 Å². The predicted molar refractivity (Wildman–Crippen MR) is 70.5 cm³/mol. The second-order valence-electron chi connectivity index (χ2n) is 5.85. The molecule has 0 radical (unpaired) electrons. The van der Waals surface area contributed by atoms with Gasteiger partial charge in [-0.3, -0.25) is 0 Å². The second kappa shape index (κ2) is 6.38. The Bertz CT molecular complexity index is 276. The van der Waals surface area contributed by atoms with Gasteiger partial charge in [-0.05, 0) is 40.5 Å². The van der Waals surface area contributed by atoms with Crippen molar-refractivity contribution in [1.29, 1.82) is 0 Å². The Morgan fingerprint density at radius 3 is 2.78 bits per heavy atom. The third kappa shape index (κ3) is 4.46. The van der Waals surface area contributed by atoms with E-state index >= 15 is 0 Å². The van der Waals surface area contributed by atoms with Crippen molar-refractivity contribution in [3.8, 4) is 0 Å². The summed E-state index contributed by atoms with van der Waals surface area (Å²) in [4.78, 5) is 13.9. The maximum absolute atomic E-state index is 12.1. The second-order valence-corrected chi connectivity index (χ2v) is 5.85. The van der Waals surface area contributed by atoms with Gasteiger partial charge in [-0.15, -0.1) is 0 Å². The van der Waals surface area contributed by atoms with E-state index < -0.39 is 5.60 Å². The lowest BCUT2D eigenvalue weighted by Crippen LogP contribution is -2.49. The Kier molecular flexibility index (Phi) is 5.41. The molecule has 0 spiro atoms. The summed E-state index contributed by atoms with van der Waals surface area (Å²) in [7, 11) is 0. The molecule has 1 aliphatic rings. The molecule has 2 atom stereocenters. The number of ether oxygens (including phenoxy) is 1. The Morgan fingerprint density at radius 2 is 2.22 bits per heavy atom. The molecule has 1 aliphatic heterocycles. The number of rotatable bonds is 4. The zero-order valence-electron chi connectivity index (χ0n) is 11.9. The van der Waals surface area contributed by atoms with Gasteiger partial charge in [0.2, 0.25) is 0 Å². The van der Waals surface area contributed by atoms with Gasteiger partial charge >= 0.3 is 6.09 Å². The van der Waals surface area contributed by atoms with Crippen molar-refractivity contribution in [2.45, 2.75) is 58.2 Å². The Hall–Kier alpha value is -0.810. The number of carbonyl (C=O) groups excluding carboxylic acids is 1. The highest BCUT2D eigenvalue weighted by Crippen LogP contribution is 2.23. The van der Waals surface area contributed by atoms with Crippen molar-refractivity contribution in [2.24, 2.45) is 0 Å². The molecule has 106 valence electrons. The number of nitrogens with one attached hydrogen (secondary N) is 1. The zero-order valence-corrected chi connectivity index (χ0v) is 11.9. The minimum atomic E-state index is -0.452. The zero-order chi connectivity index (χ0) is 13.8. The molecule has 1 rings (SSSR count). The Labute approximate surface area is 109 Å². The van der Waals surface area contributed by atoms with E-state index in [1.807, 2.05) is 27.7 Å². The number of carbonyl (C=O) groups is 1. The van der Waals surface area contributed by atoms with E-state index in [-0.39, 0.29) is 24.8 Å². The molecule has 0 bridgehead atoms. The molecule has 18 heavy (non-hydrogen) atoms. The van der Waals surface area contributed by atoms with Gasteiger partial charge in [-0.2, -0.15) is 0 Å². The van der Waals surface area contributed by atoms with Gasteiger partial charge in [0.1, 0.15) is 5.60 Å². The van der Waals surface area contributed by atoms with Gasteiger partial charge in [0.15, 0.2) is 0 Å². The molecule has 0 aliphatic carbocycles. The monoisotopic (exact) mass is 258 g/mol. The van der Waals surface area contributed by atoms with E-state index in [2.05, 4.69) is 5.32 Å². The first-order chi connectivity index (χ1) is 8.35. The minimum absolute atomic E-state index is 0.115. The summed E-state index contributed by atoms with van der Waals surface area (Å²) >= 11 is 0. The molecule has 5 heteroatoms. The van der Waals surface area contributed by atoms with Crippen LogP contribution in [0.4, 0.5) is 4.79 Å². The minimum Gasteiger partial charge on any atom is -0.444 e. The van der Waals surface area contributed by atoms with Crippen molar-refractivity contribution in [3.63, 3.8) is 0 Å². The summed E-state index contributed by atoms with van der Waals surface area (Å²) in [5, 5.41) is 12.0. The van der Waals surface area contributed by atoms with Gasteiger partial charge in [0.25, 0.3) is 0 Å². The highest BCUT2D eigenvalue weighted by molar-refractivity contribution is 5.69. The molecule has 0 aromatic heterocycles. The van der Waals surface area contributed by atoms with Crippen LogP contribution in [0, 0.1) is 0 Å². The largest absolute Gasteiger partial charge is 0.444 e. The van der Waals surface area contributed by atoms with Crippen LogP contribution in [0.1, 0.15) is 40.5 Å². The molecule has 1 saturated heterocycles. The summed E-state index contributed by atoms with van der Waals surface area (Å²) < 4.78 is 5.42. The predicted octanol–water partition coefficient (Wildman–Crippen LogP) is 1.36. The van der Waals surface area contributed by atoms with Crippen molar-refractivity contribution in [1.82, 2.24) is 10.2 Å². The number of nitrogens with zero attached hydrogens (tertiary/aromatic N) is 1. The molecular formula is C13H26N2O3. The van der Waals surface area contributed by atoms with Crippen molar-refractivity contribution in [3.05, 3.63) is 0 Å². The fourth-order valence-electron chi connectivity index (χ4n) is 2.29. The Morgan fingerprint density at radius 1 is 1.56 bits per heavy atom. The first-order valence-corrected chi connectivity index (χ1v) is 6.69. The molecular weight excluding hydrogens is 232 g/mol. The maximum atomic E-state index is 12.1. The average molecular weight is 258 g/mol. The van der Waals surface area contributed by atoms with Crippen LogP contribution in [-0.2, 0) is 4.74 Å². The molecule has 5 nitrogen and oxygen atoms in total. The van der Waals surface area contributed by atoms with Crippen LogP contribution in [0.3, 0.4) is 0 Å². The third-order valence-electron chi connectivity index (χ3n) is 3.08. The lowest BCUT2D eigenvalue weighted by molar-refractivity contribution is 0.0200. The summed E-state index contributed by atoms with van der Waals surface area (Å²) in [6, 6.07) is 0.332. The van der Waals surface area contributed by atoms with Crippen molar-refractivity contribution in [2.75, 3.05) is 19.7 Å². The maximum Gasteiger partial charge on any atom is 0.410 e. The van der Waals surface area contributed by atoms with E-state index in [1.165, 1.54) is 0 Å². The van der Waals surface area contributed by atoms with E-state index in [1.54, 1.807) is 4.90 Å². The number of likely N-dealkylation sites (tertiary alicyclic amines) is 1. The van der Waals surface area contributed by atoms with Crippen molar-refractivity contribution >= 4 is 6.09 Å². The molecule has 1 heterocycles. The van der Waals surface area contributed by atoms with Crippen molar-refractivity contribution < 1.29 is 14.6 Å². The molecule has 2 N–H and O–H groups in total. The van der Waals surface area contributed by atoms with Crippen LogP contribution in [0.5, 0.6) is 0 Å². The SMILES string of the molecule is CC(NCCO)C1CCCN1C(=O)OC(C)(C)C. The van der Waals surface area contributed by atoms with E-state index in [4.69, 9.17) is 9.84 Å². The lowest BCUT2D eigenvalue weighted by atomic mass is 10.1. The van der Waals surface area contributed by atoms with Crippen LogP contribution < -0.4 is 5.32 Å². The molecule has 0 saturated carbocycles. The fourth-order valence-corrected chi connectivity index (χ4v) is 2.29. The highest BCUT2D eigenvalue weighted by Gasteiger charge is 2.34. The van der Waals surface area contributed by atoms with E-state index in [0.717, 1.165) is 19.4 Å². The molecule has 0 aromatic carbocycles. The van der Waals surface area contributed by atoms with Crippen LogP contribution in [0.15, 0.2) is 0 Å². The summed E-state index contributed by atoms with van der Waals surface area (Å²) in [6.07, 6.45) is 1.76. The first-order valence-electron chi connectivity index (χ1n) is 6.69. The van der Waals surface area contributed by atoms with Gasteiger partial charge in [0, 0.05) is 19.1 Å². The molecule has 1 fully saturated rings. The summed E-state index contributed by atoms with van der Waals surface area (Å²) in [6.45, 7) is 9.10. The topological polar surface area (TPSA) is 61.8 Å². The van der Waals surface area contributed by atoms with Gasteiger partial charge in [0.05, 0.1) is 12.6 Å². The summed E-state index contributed by atoms with van der Waals surface area (Å²) in [5.41, 5.74) is -0.452. The number of aliphatic hydroxyl groups is 1. The van der Waals surface area contributed by atoms with Crippen LogP contribution in [0.25, 0.3) is 0 Å². The lowest BCUT2D eigenvalue weighted by Gasteiger charge is -2.32. The Balaban J connectivity index is 2.56. The third-order valence-corrected chi connectivity index (χ3v) is 3.08. The number of amides is 1. The van der Waals surface area contributed by atoms with Gasteiger partial charge < -0.3 is 20.1 Å². The highest BCUT2D eigenvalue weighted by atomic mass is 16.6. The van der Waals surface area contributed by atoms with Crippen LogP contribution in [-0.4, -0.2) is 53.5 Å². The molecule has 1 amide bonds. The average Bonchev–Trinajstić information content (AvgIpc) is 2.72. The van der Waals surface area contributed by atoms with Crippen LogP contribution in [0.2, 0.25) is 0 Å². The molecule has 0 aromatic rings. The van der Waals surface area contributed by atoms with Gasteiger partial charge in [-0.25, -0.2) is 4.79 Å². The van der Waals surface area contributed by atoms with Gasteiger partial charge in [-0.1, -0.05) is 0 Å². The van der Waals surface area contributed by atoms with Crippen LogP contribution >= 0.6 is 0 Å². The first kappa shape index (κ1) is 15.2. The number of hydrogen-bond donors (Lipinski definition) is 2. The standard InChI is InChI=1S/C13H26N2O3/c1-10(14-7-9-16)11-6-5-8-15(11)12(17)18-13(2,3)4/h10-11,14,16H,5-9H2,1-4H3. The molecule has 2 unspecified atom stereocenters.